The van der Waals surface area contributed by atoms with E-state index in [1.54, 1.807) is 6.33 Å². The predicted octanol–water partition coefficient (Wildman–Crippen LogP) is 3.50. The maximum absolute atomic E-state index is 6.09. The number of nitrogens with one attached hydrogen (secondary N) is 1. The zero-order valence-electron chi connectivity index (χ0n) is 13.1. The zero-order chi connectivity index (χ0) is 16.5. The number of thiophene rings is 1. The first-order chi connectivity index (χ1) is 11.7. The number of likely N-dealkylation sites (tertiary alicyclic amines) is 1. The van der Waals surface area contributed by atoms with E-state index in [9.17, 15) is 0 Å². The quantitative estimate of drug-likeness (QED) is 0.704. The van der Waals surface area contributed by atoms with Crippen molar-refractivity contribution in [2.75, 3.05) is 6.54 Å². The fourth-order valence-corrected chi connectivity index (χ4v) is 4.74. The van der Waals surface area contributed by atoms with Gasteiger partial charge in [-0.2, -0.15) is 9.78 Å². The second-order valence-electron chi connectivity index (χ2n) is 6.04. The molecule has 0 spiro atoms. The first kappa shape index (κ1) is 16.0. The third-order valence-electron chi connectivity index (χ3n) is 4.54. The van der Waals surface area contributed by atoms with Crippen LogP contribution >= 0.6 is 35.2 Å². The molecule has 0 amide bonds. The van der Waals surface area contributed by atoms with E-state index in [1.807, 2.05) is 44.9 Å². The molecule has 0 bridgehead atoms. The van der Waals surface area contributed by atoms with Crippen molar-refractivity contribution in [3.05, 3.63) is 62.8 Å². The molecule has 1 aliphatic rings. The second-order valence-corrected chi connectivity index (χ2v) is 7.82. The van der Waals surface area contributed by atoms with Crippen molar-refractivity contribution >= 4 is 35.2 Å². The Morgan fingerprint density at radius 1 is 1.33 bits per heavy atom. The normalized spacial score (nSPS) is 20.5. The Morgan fingerprint density at radius 2 is 2.25 bits per heavy atom. The number of aromatic nitrogens is 3. The summed E-state index contributed by atoms with van der Waals surface area (Å²) in [5.41, 5.74) is 0.949. The van der Waals surface area contributed by atoms with Crippen molar-refractivity contribution in [2.24, 2.45) is 0 Å². The highest BCUT2D eigenvalue weighted by molar-refractivity contribution is 7.71. The largest absolute Gasteiger partial charge is 0.309 e. The van der Waals surface area contributed by atoms with Crippen molar-refractivity contribution in [1.29, 1.82) is 0 Å². The Kier molecular flexibility index (Phi) is 4.54. The third kappa shape index (κ3) is 3.07. The van der Waals surface area contributed by atoms with Crippen molar-refractivity contribution in [1.82, 2.24) is 14.3 Å². The molecule has 2 atom stereocenters. The number of quaternary nitrogens is 1. The Morgan fingerprint density at radius 3 is 3.04 bits per heavy atom. The van der Waals surface area contributed by atoms with Gasteiger partial charge in [-0.15, -0.1) is 11.3 Å². The van der Waals surface area contributed by atoms with Crippen LogP contribution in [0.3, 0.4) is 0 Å². The number of halogens is 1. The molecular weight excluding hydrogens is 360 g/mol. The van der Waals surface area contributed by atoms with Crippen LogP contribution in [0.15, 0.2) is 48.1 Å². The molecule has 1 aliphatic heterocycles. The van der Waals surface area contributed by atoms with Crippen LogP contribution in [0.1, 0.15) is 23.8 Å². The third-order valence-corrected chi connectivity index (χ3v) is 6.17. The zero-order valence-corrected chi connectivity index (χ0v) is 15.4. The van der Waals surface area contributed by atoms with Crippen molar-refractivity contribution < 1.29 is 4.90 Å². The van der Waals surface area contributed by atoms with Crippen molar-refractivity contribution in [3.8, 4) is 5.69 Å². The molecule has 4 rings (SSSR count). The molecule has 3 heterocycles. The number of benzene rings is 1. The first-order valence-corrected chi connectivity index (χ1v) is 9.67. The molecular formula is C17H18ClN4S2+. The lowest BCUT2D eigenvalue weighted by Crippen LogP contribution is -3.09. The minimum absolute atomic E-state index is 0.559. The molecule has 2 aromatic heterocycles. The molecule has 1 saturated heterocycles. The Bertz CT molecular complexity index is 884. The molecule has 0 aliphatic carbocycles. The lowest BCUT2D eigenvalue weighted by molar-refractivity contribution is -0.941. The average molecular weight is 378 g/mol. The standard InChI is InChI=1S/C17H17ClN4S2/c18-13-4-1-5-14(10-13)21-11-19-22(17(21)23)12-20-8-2-6-15(20)16-7-3-9-24-16/h1,3-5,7,9-11,15H,2,6,8,12H2/p+1/t15-/m1/s1. The average Bonchev–Trinajstić information content (AvgIpc) is 3.30. The molecule has 24 heavy (non-hydrogen) atoms. The van der Waals surface area contributed by atoms with Gasteiger partial charge in [0.2, 0.25) is 4.77 Å². The molecule has 7 heteroatoms. The summed E-state index contributed by atoms with van der Waals surface area (Å²) in [7, 11) is 0. The summed E-state index contributed by atoms with van der Waals surface area (Å²) in [4.78, 5) is 2.99. The lowest BCUT2D eigenvalue weighted by Gasteiger charge is -2.20. The molecule has 1 aromatic carbocycles. The van der Waals surface area contributed by atoms with Gasteiger partial charge in [-0.3, -0.25) is 4.57 Å². The summed E-state index contributed by atoms with van der Waals surface area (Å²) in [5, 5.41) is 7.37. The molecule has 4 nitrogen and oxygen atoms in total. The number of rotatable bonds is 4. The topological polar surface area (TPSA) is 27.2 Å². The highest BCUT2D eigenvalue weighted by Gasteiger charge is 2.31. The Hall–Kier alpha value is -1.47. The summed E-state index contributed by atoms with van der Waals surface area (Å²) in [5.74, 6) is 0. The fourth-order valence-electron chi connectivity index (χ4n) is 3.37. The van der Waals surface area contributed by atoms with Crippen LogP contribution in [0, 0.1) is 4.77 Å². The minimum atomic E-state index is 0.559. The molecule has 3 aromatic rings. The van der Waals surface area contributed by atoms with Crippen molar-refractivity contribution in [2.45, 2.75) is 25.6 Å². The van der Waals surface area contributed by atoms with E-state index in [0.29, 0.717) is 15.8 Å². The first-order valence-electron chi connectivity index (χ1n) is 8.01. The highest BCUT2D eigenvalue weighted by atomic mass is 35.5. The van der Waals surface area contributed by atoms with Crippen LogP contribution in [0.4, 0.5) is 0 Å². The Labute approximate surface area is 154 Å². The fraction of sp³-hybridized carbons (Fsp3) is 0.294. The van der Waals surface area contributed by atoms with E-state index in [4.69, 9.17) is 23.8 Å². The van der Waals surface area contributed by atoms with Crippen LogP contribution in [0.5, 0.6) is 0 Å². The summed E-state index contributed by atoms with van der Waals surface area (Å²) < 4.78 is 4.55. The summed E-state index contributed by atoms with van der Waals surface area (Å²) in [6.07, 6.45) is 4.27. The van der Waals surface area contributed by atoms with E-state index in [1.165, 1.54) is 22.6 Å². The van der Waals surface area contributed by atoms with E-state index < -0.39 is 0 Å². The van der Waals surface area contributed by atoms with Gasteiger partial charge < -0.3 is 4.90 Å². The van der Waals surface area contributed by atoms with Gasteiger partial charge in [0.15, 0.2) is 6.67 Å². The van der Waals surface area contributed by atoms with Gasteiger partial charge in [-0.1, -0.05) is 23.7 Å². The lowest BCUT2D eigenvalue weighted by atomic mass is 10.2. The van der Waals surface area contributed by atoms with Gasteiger partial charge in [-0.05, 0) is 41.9 Å². The molecule has 1 fully saturated rings. The van der Waals surface area contributed by atoms with E-state index in [-0.39, 0.29) is 0 Å². The number of hydrogen-bond acceptors (Lipinski definition) is 3. The summed E-state index contributed by atoms with van der Waals surface area (Å²) in [6.45, 7) is 1.96. The van der Waals surface area contributed by atoms with E-state index in [0.717, 1.165) is 18.9 Å². The second kappa shape index (κ2) is 6.80. The van der Waals surface area contributed by atoms with Crippen molar-refractivity contribution in [3.63, 3.8) is 0 Å². The molecule has 124 valence electrons. The van der Waals surface area contributed by atoms with Crippen LogP contribution < -0.4 is 4.90 Å². The summed E-state index contributed by atoms with van der Waals surface area (Å²) >= 11 is 13.6. The molecule has 0 saturated carbocycles. The Balaban J connectivity index is 1.59. The molecule has 0 radical (unpaired) electrons. The van der Waals surface area contributed by atoms with Gasteiger partial charge in [0.25, 0.3) is 0 Å². The van der Waals surface area contributed by atoms with Gasteiger partial charge >= 0.3 is 0 Å². The van der Waals surface area contributed by atoms with Gasteiger partial charge in [0.1, 0.15) is 12.4 Å². The smallest absolute Gasteiger partial charge is 0.207 e. The van der Waals surface area contributed by atoms with Gasteiger partial charge in [0, 0.05) is 17.9 Å². The molecule has 1 N–H and O–H groups in total. The van der Waals surface area contributed by atoms with Crippen LogP contribution in [0.2, 0.25) is 5.02 Å². The minimum Gasteiger partial charge on any atom is -0.309 e. The summed E-state index contributed by atoms with van der Waals surface area (Å²) in [6, 6.07) is 12.6. The predicted molar refractivity (Wildman–Crippen MR) is 99.5 cm³/mol. The number of nitrogens with zero attached hydrogens (tertiary/aromatic N) is 3. The monoisotopic (exact) mass is 377 g/mol. The maximum atomic E-state index is 6.09. The number of hydrogen-bond donors (Lipinski definition) is 1. The van der Waals surface area contributed by atoms with Gasteiger partial charge in [-0.25, -0.2) is 0 Å². The molecule has 1 unspecified atom stereocenters. The van der Waals surface area contributed by atoms with Gasteiger partial charge in [0.05, 0.1) is 17.1 Å². The SMILES string of the molecule is S=c1n(-c2cccc(Cl)c2)cnn1C[NH+]1CCC[C@@H]1c1cccs1. The van der Waals surface area contributed by atoms with E-state index >= 15 is 0 Å². The van der Waals surface area contributed by atoms with Crippen LogP contribution in [-0.4, -0.2) is 20.9 Å². The van der Waals surface area contributed by atoms with E-state index in [2.05, 4.69) is 22.6 Å². The highest BCUT2D eigenvalue weighted by Crippen LogP contribution is 2.23. The van der Waals surface area contributed by atoms with Crippen LogP contribution in [-0.2, 0) is 6.67 Å². The maximum Gasteiger partial charge on any atom is 0.207 e. The van der Waals surface area contributed by atoms with Crippen LogP contribution in [0.25, 0.3) is 5.69 Å².